The first-order valence-electron chi connectivity index (χ1n) is 9.72. The third-order valence-electron chi connectivity index (χ3n) is 5.41. The van der Waals surface area contributed by atoms with E-state index < -0.39 is 0 Å². The maximum Gasteiger partial charge on any atom is 0.227 e. The molecule has 2 amide bonds. The molecule has 7 nitrogen and oxygen atoms in total. The Kier molecular flexibility index (Phi) is 5.59. The lowest BCUT2D eigenvalue weighted by Gasteiger charge is -2.31. The molecule has 3 aliphatic rings. The number of nitrogens with one attached hydrogen (secondary N) is 1. The summed E-state index contributed by atoms with van der Waals surface area (Å²) < 4.78 is 16.5. The topological polar surface area (TPSA) is 77.1 Å². The number of rotatable bonds is 5. The molecule has 7 heteroatoms. The van der Waals surface area contributed by atoms with E-state index >= 15 is 0 Å². The molecule has 146 valence electrons. The number of amides is 2. The van der Waals surface area contributed by atoms with Crippen LogP contribution < -0.4 is 15.0 Å². The average molecular weight is 374 g/mol. The number of carbonyl (C=O) groups is 2. The van der Waals surface area contributed by atoms with Gasteiger partial charge in [0.25, 0.3) is 0 Å². The van der Waals surface area contributed by atoms with Gasteiger partial charge >= 0.3 is 0 Å². The second-order valence-electron chi connectivity index (χ2n) is 7.46. The monoisotopic (exact) mass is 374 g/mol. The fraction of sp³-hybridized carbons (Fsp3) is 0.600. The van der Waals surface area contributed by atoms with Gasteiger partial charge in [-0.3, -0.25) is 9.59 Å². The molecule has 2 fully saturated rings. The van der Waals surface area contributed by atoms with Crippen molar-refractivity contribution in [2.24, 2.45) is 11.8 Å². The van der Waals surface area contributed by atoms with Crippen molar-refractivity contribution < 1.29 is 23.8 Å². The second-order valence-corrected chi connectivity index (χ2v) is 7.46. The Hall–Kier alpha value is -2.12. The van der Waals surface area contributed by atoms with Crippen molar-refractivity contribution in [2.45, 2.75) is 25.7 Å². The van der Waals surface area contributed by atoms with E-state index in [1.807, 2.05) is 18.2 Å². The van der Waals surface area contributed by atoms with Crippen molar-refractivity contribution in [1.82, 2.24) is 0 Å². The molecule has 2 atom stereocenters. The van der Waals surface area contributed by atoms with Gasteiger partial charge in [-0.05, 0) is 36.8 Å². The Morgan fingerprint density at radius 1 is 1.04 bits per heavy atom. The minimum absolute atomic E-state index is 0.0472. The highest BCUT2D eigenvalue weighted by atomic mass is 16.5. The summed E-state index contributed by atoms with van der Waals surface area (Å²) in [6.07, 6.45) is 2.78. The lowest BCUT2D eigenvalue weighted by molar-refractivity contribution is -0.120. The van der Waals surface area contributed by atoms with E-state index in [2.05, 4.69) is 5.32 Å². The van der Waals surface area contributed by atoms with Gasteiger partial charge < -0.3 is 24.4 Å². The van der Waals surface area contributed by atoms with Crippen LogP contribution in [0.4, 0.5) is 11.4 Å². The summed E-state index contributed by atoms with van der Waals surface area (Å²) in [5, 5.41) is 2.95. The van der Waals surface area contributed by atoms with Crippen LogP contribution in [0.15, 0.2) is 18.2 Å². The third-order valence-corrected chi connectivity index (χ3v) is 5.41. The van der Waals surface area contributed by atoms with Crippen LogP contribution in [0.5, 0.6) is 5.75 Å². The van der Waals surface area contributed by atoms with E-state index in [1.54, 1.807) is 4.90 Å². The number of hydrogen-bond acceptors (Lipinski definition) is 5. The third kappa shape index (κ3) is 4.25. The van der Waals surface area contributed by atoms with E-state index in [9.17, 15) is 9.59 Å². The van der Waals surface area contributed by atoms with E-state index in [-0.39, 0.29) is 17.7 Å². The Morgan fingerprint density at radius 2 is 1.78 bits per heavy atom. The Bertz CT molecular complexity index is 696. The zero-order chi connectivity index (χ0) is 18.6. The Morgan fingerprint density at radius 3 is 2.48 bits per heavy atom. The highest BCUT2D eigenvalue weighted by Gasteiger charge is 2.29. The standard InChI is InChI=1S/C20H26N2O5/c23-18(10-14-4-7-25-12-14)21-16-2-1-3-17-20(16)27-9-6-22(17)19(24)11-15-5-8-26-13-15/h1-3,14-15H,4-13H2,(H,21,23). The molecule has 0 aliphatic carbocycles. The molecule has 2 saturated heterocycles. The number of ether oxygens (including phenoxy) is 3. The van der Waals surface area contributed by atoms with E-state index in [0.29, 0.717) is 56.6 Å². The summed E-state index contributed by atoms with van der Waals surface area (Å²) in [4.78, 5) is 27.0. The number of anilines is 2. The Labute approximate surface area is 158 Å². The molecular formula is C20H26N2O5. The van der Waals surface area contributed by atoms with Crippen molar-refractivity contribution in [3.63, 3.8) is 0 Å². The first-order chi connectivity index (χ1) is 13.2. The number of para-hydroxylation sites is 1. The second kappa shape index (κ2) is 8.27. The van der Waals surface area contributed by atoms with Crippen molar-refractivity contribution >= 4 is 23.2 Å². The first kappa shape index (κ1) is 18.3. The summed E-state index contributed by atoms with van der Waals surface area (Å²) in [6.45, 7) is 3.71. The predicted octanol–water partition coefficient (Wildman–Crippen LogP) is 2.20. The zero-order valence-corrected chi connectivity index (χ0v) is 15.4. The molecule has 1 N–H and O–H groups in total. The number of nitrogens with zero attached hydrogens (tertiary/aromatic N) is 1. The maximum atomic E-state index is 12.8. The summed E-state index contributed by atoms with van der Waals surface area (Å²) in [6, 6.07) is 5.54. The number of benzene rings is 1. The van der Waals surface area contributed by atoms with Crippen molar-refractivity contribution in [3.8, 4) is 5.75 Å². The van der Waals surface area contributed by atoms with E-state index in [1.165, 1.54) is 0 Å². The molecular weight excluding hydrogens is 348 g/mol. The highest BCUT2D eigenvalue weighted by Crippen LogP contribution is 2.39. The van der Waals surface area contributed by atoms with Crippen molar-refractivity contribution in [3.05, 3.63) is 18.2 Å². The van der Waals surface area contributed by atoms with Crippen LogP contribution in [0.25, 0.3) is 0 Å². The largest absolute Gasteiger partial charge is 0.487 e. The summed E-state index contributed by atoms with van der Waals surface area (Å²) in [5.74, 6) is 1.18. The number of carbonyl (C=O) groups excluding carboxylic acids is 2. The van der Waals surface area contributed by atoms with Crippen molar-refractivity contribution in [1.29, 1.82) is 0 Å². The maximum absolute atomic E-state index is 12.8. The zero-order valence-electron chi connectivity index (χ0n) is 15.4. The van der Waals surface area contributed by atoms with Gasteiger partial charge in [0, 0.05) is 39.3 Å². The lowest BCUT2D eigenvalue weighted by atomic mass is 10.0. The predicted molar refractivity (Wildman–Crippen MR) is 100 cm³/mol. The minimum atomic E-state index is -0.0472. The lowest BCUT2D eigenvalue weighted by Crippen LogP contribution is -2.39. The highest BCUT2D eigenvalue weighted by molar-refractivity contribution is 5.99. The van der Waals surface area contributed by atoms with Crippen LogP contribution in [0.1, 0.15) is 25.7 Å². The molecule has 0 saturated carbocycles. The van der Waals surface area contributed by atoms with Crippen LogP contribution in [0.2, 0.25) is 0 Å². The van der Waals surface area contributed by atoms with Gasteiger partial charge in [-0.15, -0.1) is 0 Å². The Balaban J connectivity index is 1.45. The summed E-state index contributed by atoms with van der Waals surface area (Å²) >= 11 is 0. The summed E-state index contributed by atoms with van der Waals surface area (Å²) in [7, 11) is 0. The molecule has 1 aromatic rings. The molecule has 3 heterocycles. The molecule has 1 aromatic carbocycles. The smallest absolute Gasteiger partial charge is 0.227 e. The molecule has 0 radical (unpaired) electrons. The van der Waals surface area contributed by atoms with E-state index in [0.717, 1.165) is 31.7 Å². The molecule has 3 aliphatic heterocycles. The van der Waals surface area contributed by atoms with Gasteiger partial charge in [-0.2, -0.15) is 0 Å². The quantitative estimate of drug-likeness (QED) is 0.855. The van der Waals surface area contributed by atoms with Gasteiger partial charge in [0.2, 0.25) is 11.8 Å². The SMILES string of the molecule is O=C(CC1CCOC1)Nc1cccc2c1OCCN2C(=O)CC1CCOC1. The van der Waals surface area contributed by atoms with Gasteiger partial charge in [-0.25, -0.2) is 0 Å². The van der Waals surface area contributed by atoms with Crippen LogP contribution in [0, 0.1) is 11.8 Å². The molecule has 0 aromatic heterocycles. The minimum Gasteiger partial charge on any atom is -0.487 e. The van der Waals surface area contributed by atoms with Crippen LogP contribution in [0.3, 0.4) is 0 Å². The van der Waals surface area contributed by atoms with E-state index in [4.69, 9.17) is 14.2 Å². The van der Waals surface area contributed by atoms with Crippen LogP contribution >= 0.6 is 0 Å². The molecule has 27 heavy (non-hydrogen) atoms. The first-order valence-corrected chi connectivity index (χ1v) is 9.72. The van der Waals surface area contributed by atoms with Gasteiger partial charge in [0.15, 0.2) is 5.75 Å². The van der Waals surface area contributed by atoms with Gasteiger partial charge in [0.1, 0.15) is 6.61 Å². The molecule has 2 unspecified atom stereocenters. The number of fused-ring (bicyclic) bond motifs is 1. The van der Waals surface area contributed by atoms with Crippen LogP contribution in [-0.4, -0.2) is 51.4 Å². The number of hydrogen-bond donors (Lipinski definition) is 1. The van der Waals surface area contributed by atoms with Crippen LogP contribution in [-0.2, 0) is 19.1 Å². The van der Waals surface area contributed by atoms with Gasteiger partial charge in [0.05, 0.1) is 17.9 Å². The van der Waals surface area contributed by atoms with Crippen molar-refractivity contribution in [2.75, 3.05) is 49.8 Å². The summed E-state index contributed by atoms with van der Waals surface area (Å²) in [5.41, 5.74) is 1.35. The molecule has 4 rings (SSSR count). The fourth-order valence-corrected chi connectivity index (χ4v) is 3.92. The molecule has 0 spiro atoms. The normalized spacial score (nSPS) is 24.4. The fourth-order valence-electron chi connectivity index (χ4n) is 3.92. The molecule has 0 bridgehead atoms. The average Bonchev–Trinajstić information content (AvgIpc) is 3.35. The van der Waals surface area contributed by atoms with Gasteiger partial charge in [-0.1, -0.05) is 6.07 Å².